The van der Waals surface area contributed by atoms with Gasteiger partial charge in [0.1, 0.15) is 35.8 Å². The van der Waals surface area contributed by atoms with Crippen molar-refractivity contribution in [1.82, 2.24) is 20.1 Å². The van der Waals surface area contributed by atoms with E-state index in [0.29, 0.717) is 73.2 Å². The summed E-state index contributed by atoms with van der Waals surface area (Å²) in [5.74, 6) is -0.257. The van der Waals surface area contributed by atoms with E-state index < -0.39 is 17.9 Å². The van der Waals surface area contributed by atoms with Crippen molar-refractivity contribution >= 4 is 23.5 Å². The summed E-state index contributed by atoms with van der Waals surface area (Å²) in [5, 5.41) is 5.46. The fourth-order valence-corrected chi connectivity index (χ4v) is 5.56. The number of hydrogen-bond donors (Lipinski definition) is 2. The number of amides is 3. The van der Waals surface area contributed by atoms with Crippen LogP contribution in [0, 0.1) is 26.6 Å². The van der Waals surface area contributed by atoms with Gasteiger partial charge in [-0.05, 0) is 80.3 Å². The van der Waals surface area contributed by atoms with Gasteiger partial charge in [0, 0.05) is 51.9 Å². The molecule has 0 unspecified atom stereocenters. The van der Waals surface area contributed by atoms with E-state index in [1.54, 1.807) is 51.0 Å². The molecule has 3 aromatic rings. The molecule has 4 rings (SSSR count). The van der Waals surface area contributed by atoms with Crippen LogP contribution in [0.15, 0.2) is 55.3 Å². The SMILES string of the molecule is C=CC(=O)N1CCN(C[C@@H](Oc2cc(C)c(C(=O)Nc3ncc(OCCOC)cc3C)cc2C(=O)NC)c2ccc(C)c(F)c2)C[C@H]1C. The topological polar surface area (TPSA) is 122 Å². The van der Waals surface area contributed by atoms with Crippen molar-refractivity contribution in [1.29, 1.82) is 0 Å². The molecule has 1 aromatic heterocycles. The first-order valence-electron chi connectivity index (χ1n) is 15.8. The molecule has 1 fully saturated rings. The fourth-order valence-electron chi connectivity index (χ4n) is 5.56. The molecule has 0 saturated carbocycles. The third-order valence-electron chi connectivity index (χ3n) is 8.31. The Morgan fingerprint density at radius 2 is 1.81 bits per heavy atom. The molecule has 2 aromatic carbocycles. The minimum atomic E-state index is -0.673. The van der Waals surface area contributed by atoms with Crippen molar-refractivity contribution < 1.29 is 33.0 Å². The maximum Gasteiger partial charge on any atom is 0.257 e. The second-order valence-corrected chi connectivity index (χ2v) is 11.8. The number of nitrogens with zero attached hydrogens (tertiary/aromatic N) is 3. The number of hydrogen-bond acceptors (Lipinski definition) is 8. The van der Waals surface area contributed by atoms with Crippen LogP contribution in [0.25, 0.3) is 0 Å². The highest BCUT2D eigenvalue weighted by Crippen LogP contribution is 2.31. The lowest BCUT2D eigenvalue weighted by molar-refractivity contribution is -0.130. The highest BCUT2D eigenvalue weighted by atomic mass is 19.1. The Labute approximate surface area is 281 Å². The highest BCUT2D eigenvalue weighted by molar-refractivity contribution is 6.07. The zero-order valence-electron chi connectivity index (χ0n) is 28.4. The van der Waals surface area contributed by atoms with Gasteiger partial charge in [0.05, 0.1) is 18.4 Å². The molecule has 48 heavy (non-hydrogen) atoms. The van der Waals surface area contributed by atoms with Crippen LogP contribution < -0.4 is 20.1 Å². The number of nitrogens with one attached hydrogen (secondary N) is 2. The Morgan fingerprint density at radius 3 is 2.46 bits per heavy atom. The van der Waals surface area contributed by atoms with E-state index in [0.717, 1.165) is 0 Å². The van der Waals surface area contributed by atoms with Crippen LogP contribution in [0.3, 0.4) is 0 Å². The summed E-state index contributed by atoms with van der Waals surface area (Å²) in [5.41, 5.74) is 2.75. The van der Waals surface area contributed by atoms with Gasteiger partial charge in [0.2, 0.25) is 5.91 Å². The van der Waals surface area contributed by atoms with Gasteiger partial charge in [0.15, 0.2) is 0 Å². The Morgan fingerprint density at radius 1 is 1.04 bits per heavy atom. The number of carbonyl (C=O) groups is 3. The largest absolute Gasteiger partial charge is 0.490 e. The Kier molecular flexibility index (Phi) is 12.3. The smallest absolute Gasteiger partial charge is 0.257 e. The van der Waals surface area contributed by atoms with Crippen LogP contribution >= 0.6 is 0 Å². The van der Waals surface area contributed by atoms with Crippen LogP contribution in [0.5, 0.6) is 11.5 Å². The molecule has 2 atom stereocenters. The van der Waals surface area contributed by atoms with Crippen LogP contribution in [-0.4, -0.2) is 92.1 Å². The van der Waals surface area contributed by atoms with Crippen LogP contribution in [0.4, 0.5) is 10.2 Å². The maximum atomic E-state index is 14.8. The zero-order chi connectivity index (χ0) is 35.0. The normalized spacial score (nSPS) is 15.4. The molecule has 12 heteroatoms. The number of halogens is 1. The quantitative estimate of drug-likeness (QED) is 0.201. The number of anilines is 1. The number of carbonyl (C=O) groups excluding carboxylic acids is 3. The number of piperazine rings is 1. The highest BCUT2D eigenvalue weighted by Gasteiger charge is 2.30. The van der Waals surface area contributed by atoms with E-state index in [4.69, 9.17) is 14.2 Å². The summed E-state index contributed by atoms with van der Waals surface area (Å²) in [6.07, 6.45) is 2.16. The molecule has 3 amide bonds. The van der Waals surface area contributed by atoms with Gasteiger partial charge in [-0.25, -0.2) is 9.37 Å². The van der Waals surface area contributed by atoms with E-state index >= 15 is 0 Å². The summed E-state index contributed by atoms with van der Waals surface area (Å²) in [6.45, 7) is 13.6. The van der Waals surface area contributed by atoms with Crippen molar-refractivity contribution in [2.24, 2.45) is 0 Å². The molecule has 1 aliphatic rings. The molecule has 2 heterocycles. The summed E-state index contributed by atoms with van der Waals surface area (Å²) >= 11 is 0. The van der Waals surface area contributed by atoms with Gasteiger partial charge in [-0.3, -0.25) is 19.3 Å². The lowest BCUT2D eigenvalue weighted by atomic mass is 10.0. The second kappa shape index (κ2) is 16.3. The number of aromatic nitrogens is 1. The first-order valence-corrected chi connectivity index (χ1v) is 15.8. The van der Waals surface area contributed by atoms with Gasteiger partial charge < -0.3 is 29.7 Å². The molecule has 0 aliphatic carbocycles. The average molecular weight is 662 g/mol. The van der Waals surface area contributed by atoms with E-state index in [-0.39, 0.29) is 34.6 Å². The van der Waals surface area contributed by atoms with Gasteiger partial charge >= 0.3 is 0 Å². The average Bonchev–Trinajstić information content (AvgIpc) is 3.06. The zero-order valence-corrected chi connectivity index (χ0v) is 28.4. The van der Waals surface area contributed by atoms with Gasteiger partial charge in [-0.1, -0.05) is 18.7 Å². The molecule has 2 N–H and O–H groups in total. The number of methoxy groups -OCH3 is 1. The molecule has 0 radical (unpaired) electrons. The lowest BCUT2D eigenvalue weighted by Gasteiger charge is -2.40. The number of pyridine rings is 1. The standard InChI is InChI=1S/C36H44FN5O6/c1-8-33(43)42-12-11-41(20-25(42)5)21-32(26-10-9-22(2)30(37)17-26)48-31-16-23(3)28(18-29(31)35(44)38-6)36(45)40-34-24(4)15-27(19-39-34)47-14-13-46-7/h8-10,15-19,25,32H,1,11-14,20-21H2,2-7H3,(H,38,44)(H,39,40,45)/t25-,32-/m1/s1. The summed E-state index contributed by atoms with van der Waals surface area (Å²) < 4.78 is 32.0. The lowest BCUT2D eigenvalue weighted by Crippen LogP contribution is -2.54. The Hall–Kier alpha value is -4.81. The number of ether oxygens (including phenoxy) is 3. The molecule has 1 saturated heterocycles. The molecule has 1 aliphatic heterocycles. The van der Waals surface area contributed by atoms with E-state index in [9.17, 15) is 18.8 Å². The maximum absolute atomic E-state index is 14.8. The van der Waals surface area contributed by atoms with Crippen LogP contribution in [0.1, 0.15) is 56.0 Å². The first-order chi connectivity index (χ1) is 22.9. The Bertz CT molecular complexity index is 1660. The summed E-state index contributed by atoms with van der Waals surface area (Å²) in [7, 11) is 3.08. The van der Waals surface area contributed by atoms with Crippen molar-refractivity contribution in [3.05, 3.63) is 94.4 Å². The van der Waals surface area contributed by atoms with Gasteiger partial charge in [-0.2, -0.15) is 0 Å². The molecular formula is C36H44FN5O6. The third-order valence-corrected chi connectivity index (χ3v) is 8.31. The van der Waals surface area contributed by atoms with Crippen molar-refractivity contribution in [2.75, 3.05) is 58.9 Å². The minimum absolute atomic E-state index is 0.0707. The summed E-state index contributed by atoms with van der Waals surface area (Å²) in [6, 6.07) is 9.78. The Balaban J connectivity index is 1.62. The third kappa shape index (κ3) is 8.75. The van der Waals surface area contributed by atoms with Crippen molar-refractivity contribution in [2.45, 2.75) is 39.8 Å². The number of rotatable bonds is 13. The number of benzene rings is 2. The van der Waals surface area contributed by atoms with Crippen molar-refractivity contribution in [3.8, 4) is 11.5 Å². The van der Waals surface area contributed by atoms with E-state index in [2.05, 4.69) is 27.1 Å². The number of aryl methyl sites for hydroxylation is 3. The molecule has 11 nitrogen and oxygen atoms in total. The molecule has 0 bridgehead atoms. The van der Waals surface area contributed by atoms with Crippen LogP contribution in [0.2, 0.25) is 0 Å². The molecule has 256 valence electrons. The van der Waals surface area contributed by atoms with E-state index in [1.807, 2.05) is 13.0 Å². The van der Waals surface area contributed by atoms with Crippen LogP contribution in [-0.2, 0) is 9.53 Å². The van der Waals surface area contributed by atoms with Gasteiger partial charge in [0.25, 0.3) is 11.8 Å². The molecular weight excluding hydrogens is 617 g/mol. The molecule has 0 spiro atoms. The first kappa shape index (κ1) is 36.0. The van der Waals surface area contributed by atoms with Crippen molar-refractivity contribution in [3.63, 3.8) is 0 Å². The van der Waals surface area contributed by atoms with E-state index in [1.165, 1.54) is 31.5 Å². The predicted molar refractivity (Wildman–Crippen MR) is 181 cm³/mol. The van der Waals surface area contributed by atoms with Gasteiger partial charge in [-0.15, -0.1) is 0 Å². The second-order valence-electron chi connectivity index (χ2n) is 11.8. The predicted octanol–water partition coefficient (Wildman–Crippen LogP) is 4.62. The fraction of sp³-hybridized carbons (Fsp3) is 0.389. The summed E-state index contributed by atoms with van der Waals surface area (Å²) in [4.78, 5) is 47.2. The monoisotopic (exact) mass is 661 g/mol. The minimum Gasteiger partial charge on any atom is -0.490 e.